The standard InChI is InChI=1S/C11H21N3O/c1-3-4-5-6-10(2)14-9-11(15)13-8-7-12/h10,14H,3-6,8-9H2,1-2H3,(H,13,15). The van der Waals surface area contributed by atoms with Crippen molar-refractivity contribution in [1.82, 2.24) is 10.6 Å². The van der Waals surface area contributed by atoms with Gasteiger partial charge in [-0.1, -0.05) is 26.2 Å². The SMILES string of the molecule is CCCCCC(C)NCC(=O)NCC#N. The molecule has 86 valence electrons. The fourth-order valence-corrected chi connectivity index (χ4v) is 1.27. The second-order valence-corrected chi connectivity index (χ2v) is 3.71. The third-order valence-electron chi connectivity index (χ3n) is 2.22. The van der Waals surface area contributed by atoms with Gasteiger partial charge in [-0.3, -0.25) is 4.79 Å². The lowest BCUT2D eigenvalue weighted by Gasteiger charge is -2.12. The van der Waals surface area contributed by atoms with Gasteiger partial charge in [0, 0.05) is 6.04 Å². The molecule has 0 aliphatic carbocycles. The van der Waals surface area contributed by atoms with Crippen LogP contribution in [0.5, 0.6) is 0 Å². The predicted octanol–water partition coefficient (Wildman–Crippen LogP) is 1.18. The highest BCUT2D eigenvalue weighted by molar-refractivity contribution is 5.78. The van der Waals surface area contributed by atoms with E-state index in [9.17, 15) is 4.79 Å². The third kappa shape index (κ3) is 9.23. The highest BCUT2D eigenvalue weighted by Gasteiger charge is 2.04. The molecule has 0 aromatic rings. The second-order valence-electron chi connectivity index (χ2n) is 3.71. The fraction of sp³-hybridized carbons (Fsp3) is 0.818. The Morgan fingerprint density at radius 2 is 2.20 bits per heavy atom. The van der Waals surface area contributed by atoms with Crippen LogP contribution >= 0.6 is 0 Å². The maximum Gasteiger partial charge on any atom is 0.234 e. The second kappa shape index (κ2) is 9.47. The van der Waals surface area contributed by atoms with Crippen molar-refractivity contribution >= 4 is 5.91 Å². The zero-order valence-corrected chi connectivity index (χ0v) is 9.68. The van der Waals surface area contributed by atoms with Crippen LogP contribution in [0.3, 0.4) is 0 Å². The molecule has 1 amide bonds. The molecule has 2 N–H and O–H groups in total. The van der Waals surface area contributed by atoms with Crippen LogP contribution < -0.4 is 10.6 Å². The molecule has 0 radical (unpaired) electrons. The van der Waals surface area contributed by atoms with Crippen molar-refractivity contribution in [3.8, 4) is 6.07 Å². The first kappa shape index (κ1) is 13.9. The van der Waals surface area contributed by atoms with E-state index in [4.69, 9.17) is 5.26 Å². The number of nitriles is 1. The first-order chi connectivity index (χ1) is 7.20. The van der Waals surface area contributed by atoms with Crippen LogP contribution in [-0.2, 0) is 4.79 Å². The number of carbonyl (C=O) groups excluding carboxylic acids is 1. The van der Waals surface area contributed by atoms with Gasteiger partial charge in [0.15, 0.2) is 0 Å². The van der Waals surface area contributed by atoms with Crippen LogP contribution in [0.2, 0.25) is 0 Å². The van der Waals surface area contributed by atoms with Crippen LogP contribution in [0.15, 0.2) is 0 Å². The van der Waals surface area contributed by atoms with E-state index in [-0.39, 0.29) is 12.5 Å². The van der Waals surface area contributed by atoms with E-state index in [0.29, 0.717) is 12.6 Å². The molecule has 0 aromatic heterocycles. The fourth-order valence-electron chi connectivity index (χ4n) is 1.27. The summed E-state index contributed by atoms with van der Waals surface area (Å²) in [5.41, 5.74) is 0. The van der Waals surface area contributed by atoms with Crippen molar-refractivity contribution in [3.63, 3.8) is 0 Å². The first-order valence-electron chi connectivity index (χ1n) is 5.57. The molecule has 0 rings (SSSR count). The van der Waals surface area contributed by atoms with E-state index < -0.39 is 0 Å². The van der Waals surface area contributed by atoms with Crippen LogP contribution in [0.25, 0.3) is 0 Å². The number of carbonyl (C=O) groups is 1. The summed E-state index contributed by atoms with van der Waals surface area (Å²) in [6.07, 6.45) is 4.76. The molecular formula is C11H21N3O. The van der Waals surface area contributed by atoms with Gasteiger partial charge in [0.2, 0.25) is 5.91 Å². The van der Waals surface area contributed by atoms with Gasteiger partial charge in [0.05, 0.1) is 12.6 Å². The van der Waals surface area contributed by atoms with Crippen molar-refractivity contribution in [2.24, 2.45) is 0 Å². The summed E-state index contributed by atoms with van der Waals surface area (Å²) < 4.78 is 0. The van der Waals surface area contributed by atoms with Gasteiger partial charge in [0.25, 0.3) is 0 Å². The highest BCUT2D eigenvalue weighted by Crippen LogP contribution is 2.02. The smallest absolute Gasteiger partial charge is 0.234 e. The van der Waals surface area contributed by atoms with E-state index in [1.54, 1.807) is 0 Å². The number of unbranched alkanes of at least 4 members (excludes halogenated alkanes) is 2. The average molecular weight is 211 g/mol. The Bertz CT molecular complexity index is 210. The van der Waals surface area contributed by atoms with Gasteiger partial charge in [-0.05, 0) is 13.3 Å². The van der Waals surface area contributed by atoms with Crippen molar-refractivity contribution in [2.45, 2.75) is 45.6 Å². The predicted molar refractivity (Wildman–Crippen MR) is 60.2 cm³/mol. The summed E-state index contributed by atoms with van der Waals surface area (Å²) in [4.78, 5) is 11.1. The molecule has 0 aromatic carbocycles. The van der Waals surface area contributed by atoms with Gasteiger partial charge in [-0.25, -0.2) is 0 Å². The summed E-state index contributed by atoms with van der Waals surface area (Å²) >= 11 is 0. The Morgan fingerprint density at radius 1 is 1.47 bits per heavy atom. The van der Waals surface area contributed by atoms with Gasteiger partial charge in [0.1, 0.15) is 6.54 Å². The molecule has 0 saturated heterocycles. The minimum atomic E-state index is -0.112. The Balaban J connectivity index is 3.40. The minimum absolute atomic E-state index is 0.0880. The molecule has 0 heterocycles. The molecule has 0 bridgehead atoms. The third-order valence-corrected chi connectivity index (χ3v) is 2.22. The van der Waals surface area contributed by atoms with Crippen molar-refractivity contribution in [1.29, 1.82) is 5.26 Å². The lowest BCUT2D eigenvalue weighted by molar-refractivity contribution is -0.120. The maximum absolute atomic E-state index is 11.1. The van der Waals surface area contributed by atoms with Gasteiger partial charge in [-0.2, -0.15) is 5.26 Å². The molecule has 1 atom stereocenters. The monoisotopic (exact) mass is 211 g/mol. The molecule has 0 aliphatic heterocycles. The quantitative estimate of drug-likeness (QED) is 0.468. The summed E-state index contributed by atoms with van der Waals surface area (Å²) in [6, 6.07) is 2.23. The number of amides is 1. The van der Waals surface area contributed by atoms with E-state index in [0.717, 1.165) is 6.42 Å². The van der Waals surface area contributed by atoms with Gasteiger partial charge >= 0.3 is 0 Å². The zero-order chi connectivity index (χ0) is 11.5. The zero-order valence-electron chi connectivity index (χ0n) is 9.68. The summed E-state index contributed by atoms with van der Waals surface area (Å²) in [6.45, 7) is 4.64. The van der Waals surface area contributed by atoms with Crippen LogP contribution in [0, 0.1) is 11.3 Å². The molecule has 15 heavy (non-hydrogen) atoms. The average Bonchev–Trinajstić information content (AvgIpc) is 2.24. The minimum Gasteiger partial charge on any atom is -0.342 e. The van der Waals surface area contributed by atoms with E-state index in [1.165, 1.54) is 19.3 Å². The molecule has 0 saturated carbocycles. The Hall–Kier alpha value is -1.08. The molecule has 0 spiro atoms. The highest BCUT2D eigenvalue weighted by atomic mass is 16.1. The Morgan fingerprint density at radius 3 is 2.80 bits per heavy atom. The van der Waals surface area contributed by atoms with Crippen molar-refractivity contribution in [3.05, 3.63) is 0 Å². The maximum atomic E-state index is 11.1. The van der Waals surface area contributed by atoms with Crippen LogP contribution in [0.4, 0.5) is 0 Å². The molecule has 4 heteroatoms. The Labute approximate surface area is 92.0 Å². The number of hydrogen-bond donors (Lipinski definition) is 2. The van der Waals surface area contributed by atoms with Gasteiger partial charge < -0.3 is 10.6 Å². The van der Waals surface area contributed by atoms with Crippen molar-refractivity contribution in [2.75, 3.05) is 13.1 Å². The van der Waals surface area contributed by atoms with E-state index in [1.807, 2.05) is 6.07 Å². The van der Waals surface area contributed by atoms with E-state index >= 15 is 0 Å². The molecule has 4 nitrogen and oxygen atoms in total. The summed E-state index contributed by atoms with van der Waals surface area (Å²) in [7, 11) is 0. The lowest BCUT2D eigenvalue weighted by atomic mass is 10.1. The number of hydrogen-bond acceptors (Lipinski definition) is 3. The summed E-state index contributed by atoms with van der Waals surface area (Å²) in [5.74, 6) is -0.112. The number of nitrogens with zero attached hydrogens (tertiary/aromatic N) is 1. The molecular weight excluding hydrogens is 190 g/mol. The number of nitrogens with one attached hydrogen (secondary N) is 2. The van der Waals surface area contributed by atoms with Crippen LogP contribution in [0.1, 0.15) is 39.5 Å². The molecule has 0 fully saturated rings. The van der Waals surface area contributed by atoms with Crippen LogP contribution in [-0.4, -0.2) is 25.0 Å². The van der Waals surface area contributed by atoms with Crippen molar-refractivity contribution < 1.29 is 4.79 Å². The lowest BCUT2D eigenvalue weighted by Crippen LogP contribution is -2.38. The topological polar surface area (TPSA) is 64.9 Å². The Kier molecular flexibility index (Phi) is 8.79. The summed E-state index contributed by atoms with van der Waals surface area (Å²) in [5, 5.41) is 13.9. The normalized spacial score (nSPS) is 11.8. The molecule has 0 aliphatic rings. The van der Waals surface area contributed by atoms with E-state index in [2.05, 4.69) is 24.5 Å². The molecule has 1 unspecified atom stereocenters. The van der Waals surface area contributed by atoms with Gasteiger partial charge in [-0.15, -0.1) is 0 Å². The number of rotatable bonds is 8. The first-order valence-corrected chi connectivity index (χ1v) is 5.57. The largest absolute Gasteiger partial charge is 0.342 e.